The predicted molar refractivity (Wildman–Crippen MR) is 113 cm³/mol. The minimum Gasteiger partial charge on any atom is -0.495 e. The molecule has 1 saturated heterocycles. The topological polar surface area (TPSA) is 80.8 Å². The van der Waals surface area contributed by atoms with Crippen molar-refractivity contribution in [3.63, 3.8) is 0 Å². The van der Waals surface area contributed by atoms with E-state index in [0.717, 1.165) is 11.4 Å². The number of rotatable bonds is 5. The number of methoxy groups -OCH3 is 1. The first kappa shape index (κ1) is 19.9. The van der Waals surface area contributed by atoms with Gasteiger partial charge in [-0.05, 0) is 36.4 Å². The summed E-state index contributed by atoms with van der Waals surface area (Å²) in [6, 6.07) is 12.1. The summed E-state index contributed by atoms with van der Waals surface area (Å²) >= 11 is 6.10. The summed E-state index contributed by atoms with van der Waals surface area (Å²) < 4.78 is 38.0. The largest absolute Gasteiger partial charge is 0.495 e. The average Bonchev–Trinajstić information content (AvgIpc) is 2.75. The quantitative estimate of drug-likeness (QED) is 0.661. The molecule has 2 aromatic carbocycles. The molecule has 1 fully saturated rings. The van der Waals surface area contributed by atoms with Crippen LogP contribution in [0.4, 0.5) is 11.4 Å². The van der Waals surface area contributed by atoms with Crippen LogP contribution in [0.5, 0.6) is 5.75 Å². The van der Waals surface area contributed by atoms with Crippen LogP contribution in [-0.4, -0.2) is 51.1 Å². The molecule has 0 amide bonds. The summed E-state index contributed by atoms with van der Waals surface area (Å²) in [7, 11) is -2.05. The third-order valence-electron chi connectivity index (χ3n) is 4.75. The van der Waals surface area contributed by atoms with Gasteiger partial charge in [0.25, 0.3) is 0 Å². The monoisotopic (exact) mass is 433 g/mol. The zero-order valence-electron chi connectivity index (χ0n) is 15.8. The Morgan fingerprint density at radius 3 is 2.69 bits per heavy atom. The number of sulfonamides is 1. The second-order valence-corrected chi connectivity index (χ2v) is 8.87. The van der Waals surface area contributed by atoms with Gasteiger partial charge in [-0.25, -0.2) is 8.42 Å². The molecule has 0 bridgehead atoms. The van der Waals surface area contributed by atoms with Crippen molar-refractivity contribution in [1.82, 2.24) is 9.29 Å². The van der Waals surface area contributed by atoms with Gasteiger partial charge in [0, 0.05) is 42.1 Å². The lowest BCUT2D eigenvalue weighted by atomic mass is 10.2. The number of benzene rings is 2. The number of fused-ring (bicyclic) bond motifs is 1. The van der Waals surface area contributed by atoms with Crippen molar-refractivity contribution in [1.29, 1.82) is 0 Å². The molecule has 1 N–H and O–H groups in total. The Morgan fingerprint density at radius 2 is 1.93 bits per heavy atom. The highest BCUT2D eigenvalue weighted by Gasteiger charge is 2.26. The smallest absolute Gasteiger partial charge is 0.243 e. The van der Waals surface area contributed by atoms with Crippen LogP contribution in [0.25, 0.3) is 10.9 Å². The van der Waals surface area contributed by atoms with E-state index in [1.807, 2.05) is 6.07 Å². The van der Waals surface area contributed by atoms with Gasteiger partial charge in [-0.15, -0.1) is 0 Å². The molecule has 9 heteroatoms. The van der Waals surface area contributed by atoms with Crippen LogP contribution in [0.15, 0.2) is 53.6 Å². The van der Waals surface area contributed by atoms with E-state index in [4.69, 9.17) is 21.1 Å². The maximum Gasteiger partial charge on any atom is 0.243 e. The number of nitrogens with zero attached hydrogens (tertiary/aromatic N) is 2. The Kier molecular flexibility index (Phi) is 5.60. The first-order chi connectivity index (χ1) is 14.0. The number of morpholine rings is 1. The lowest BCUT2D eigenvalue weighted by Gasteiger charge is -2.26. The summed E-state index contributed by atoms with van der Waals surface area (Å²) in [5.74, 6) is 0.547. The van der Waals surface area contributed by atoms with Gasteiger partial charge in [0.1, 0.15) is 5.75 Å². The Hall–Kier alpha value is -2.39. The number of anilines is 2. The van der Waals surface area contributed by atoms with Crippen LogP contribution < -0.4 is 10.1 Å². The first-order valence-electron chi connectivity index (χ1n) is 9.06. The zero-order valence-corrected chi connectivity index (χ0v) is 17.3. The van der Waals surface area contributed by atoms with Gasteiger partial charge in [-0.3, -0.25) is 4.98 Å². The molecule has 7 nitrogen and oxygen atoms in total. The highest BCUT2D eigenvalue weighted by molar-refractivity contribution is 7.89. The Labute approximate surface area is 174 Å². The van der Waals surface area contributed by atoms with Crippen LogP contribution >= 0.6 is 11.6 Å². The number of nitrogens with one attached hydrogen (secondary N) is 1. The maximum atomic E-state index is 13.0. The molecule has 0 spiro atoms. The number of halogens is 1. The van der Waals surface area contributed by atoms with Crippen molar-refractivity contribution in [2.75, 3.05) is 38.7 Å². The second kappa shape index (κ2) is 8.16. The van der Waals surface area contributed by atoms with Gasteiger partial charge in [0.15, 0.2) is 0 Å². The molecule has 152 valence electrons. The van der Waals surface area contributed by atoms with E-state index in [1.54, 1.807) is 49.7 Å². The first-order valence-corrected chi connectivity index (χ1v) is 10.9. The third-order valence-corrected chi connectivity index (χ3v) is 6.96. The second-order valence-electron chi connectivity index (χ2n) is 6.53. The van der Waals surface area contributed by atoms with Crippen LogP contribution in [0.1, 0.15) is 0 Å². The number of ether oxygens (including phenoxy) is 2. The highest BCUT2D eigenvalue weighted by Crippen LogP contribution is 2.32. The van der Waals surface area contributed by atoms with Gasteiger partial charge >= 0.3 is 0 Å². The molecule has 1 aliphatic rings. The number of pyridine rings is 1. The molecule has 0 aliphatic carbocycles. The summed E-state index contributed by atoms with van der Waals surface area (Å²) in [5, 5.41) is 4.52. The fraction of sp³-hybridized carbons (Fsp3) is 0.250. The normalized spacial score (nSPS) is 15.4. The van der Waals surface area contributed by atoms with E-state index < -0.39 is 10.0 Å². The van der Waals surface area contributed by atoms with Gasteiger partial charge in [-0.2, -0.15) is 4.31 Å². The molecule has 29 heavy (non-hydrogen) atoms. The van der Waals surface area contributed by atoms with E-state index in [0.29, 0.717) is 48.0 Å². The summed E-state index contributed by atoms with van der Waals surface area (Å²) in [6.45, 7) is 1.51. The van der Waals surface area contributed by atoms with Crippen LogP contribution in [0.2, 0.25) is 5.02 Å². The summed E-state index contributed by atoms with van der Waals surface area (Å²) in [6.07, 6.45) is 1.67. The zero-order chi connectivity index (χ0) is 20.4. The molecule has 4 rings (SSSR count). The molecule has 0 unspecified atom stereocenters. The van der Waals surface area contributed by atoms with Crippen LogP contribution in [-0.2, 0) is 14.8 Å². The lowest BCUT2D eigenvalue weighted by molar-refractivity contribution is 0.0730. The standard InChI is InChI=1S/C20H20ClN3O4S/c1-27-20-12-14(2-4-17(20)21)23-19-6-7-22-18-5-3-15(13-16(18)19)29(25,26)24-8-10-28-11-9-24/h2-7,12-13H,8-11H2,1H3,(H,22,23). The summed E-state index contributed by atoms with van der Waals surface area (Å²) in [5.41, 5.74) is 2.19. The molecule has 1 aromatic heterocycles. The van der Waals surface area contributed by atoms with Gasteiger partial charge in [-0.1, -0.05) is 11.6 Å². The molecule has 0 saturated carbocycles. The highest BCUT2D eigenvalue weighted by atomic mass is 35.5. The van der Waals surface area contributed by atoms with Crippen molar-refractivity contribution < 1.29 is 17.9 Å². The molecular weight excluding hydrogens is 414 g/mol. The van der Waals surface area contributed by atoms with Crippen LogP contribution in [0, 0.1) is 0 Å². The number of hydrogen-bond donors (Lipinski definition) is 1. The number of hydrogen-bond acceptors (Lipinski definition) is 6. The fourth-order valence-corrected chi connectivity index (χ4v) is 4.85. The predicted octanol–water partition coefficient (Wildman–Crippen LogP) is 3.66. The van der Waals surface area contributed by atoms with Gasteiger partial charge in [0.2, 0.25) is 10.0 Å². The van der Waals surface area contributed by atoms with Crippen molar-refractivity contribution in [3.8, 4) is 5.75 Å². The minimum atomic E-state index is -3.60. The fourth-order valence-electron chi connectivity index (χ4n) is 3.22. The molecule has 1 aliphatic heterocycles. The molecule has 0 atom stereocenters. The third kappa shape index (κ3) is 4.02. The Balaban J connectivity index is 1.73. The number of aromatic nitrogens is 1. The van der Waals surface area contributed by atoms with Crippen molar-refractivity contribution >= 4 is 43.9 Å². The van der Waals surface area contributed by atoms with E-state index in [-0.39, 0.29) is 4.90 Å². The SMILES string of the molecule is COc1cc(Nc2ccnc3ccc(S(=O)(=O)N4CCOCC4)cc23)ccc1Cl. The Bertz CT molecular complexity index is 1150. The maximum absolute atomic E-state index is 13.0. The molecular formula is C20H20ClN3O4S. The molecule has 2 heterocycles. The summed E-state index contributed by atoms with van der Waals surface area (Å²) in [4.78, 5) is 4.59. The minimum absolute atomic E-state index is 0.233. The molecule has 3 aromatic rings. The van der Waals surface area contributed by atoms with Gasteiger partial charge in [0.05, 0.1) is 35.8 Å². The Morgan fingerprint density at radius 1 is 1.14 bits per heavy atom. The van der Waals surface area contributed by atoms with E-state index in [2.05, 4.69) is 10.3 Å². The molecule has 0 radical (unpaired) electrons. The van der Waals surface area contributed by atoms with E-state index >= 15 is 0 Å². The average molecular weight is 434 g/mol. The van der Waals surface area contributed by atoms with E-state index in [1.165, 1.54) is 4.31 Å². The van der Waals surface area contributed by atoms with Crippen molar-refractivity contribution in [3.05, 3.63) is 53.7 Å². The van der Waals surface area contributed by atoms with Crippen molar-refractivity contribution in [2.24, 2.45) is 0 Å². The van der Waals surface area contributed by atoms with E-state index in [9.17, 15) is 8.42 Å². The van der Waals surface area contributed by atoms with Gasteiger partial charge < -0.3 is 14.8 Å². The van der Waals surface area contributed by atoms with Crippen molar-refractivity contribution in [2.45, 2.75) is 4.90 Å². The lowest BCUT2D eigenvalue weighted by Crippen LogP contribution is -2.40. The van der Waals surface area contributed by atoms with Crippen LogP contribution in [0.3, 0.4) is 0 Å².